The average molecular weight is 906 g/mol. The summed E-state index contributed by atoms with van der Waals surface area (Å²) in [6, 6.07) is 52.0. The third-order valence-electron chi connectivity index (χ3n) is 15.0. The number of aromatic nitrogens is 2. The van der Waals surface area contributed by atoms with Crippen molar-refractivity contribution in [3.05, 3.63) is 185 Å². The molecule has 12 rings (SSSR count). The van der Waals surface area contributed by atoms with Crippen LogP contribution in [0, 0.1) is 22.7 Å². The number of carbonyl (C=O) groups is 1. The first-order valence-electron chi connectivity index (χ1n) is 23.0. The quantitative estimate of drug-likeness (QED) is 0.155. The number of pyridine rings is 2. The number of benzene rings is 5. The number of aliphatic imine (C=N–C) groups is 2. The van der Waals surface area contributed by atoms with Crippen LogP contribution in [-0.2, 0) is 34.7 Å². The fourth-order valence-electron chi connectivity index (χ4n) is 11.7. The van der Waals surface area contributed by atoms with Gasteiger partial charge in [0.15, 0.2) is 0 Å². The SMILES string of the molecule is CC(=O)[O-].CC1(C)[C@@H]2CCc3ccc(N=C4[N-]C(=Nc5ccc6c(n5)[C@H]5[C@@H](CC6)C5(C)C)c5c4c(-c4ccccc4)c(-c4ccccc4)c(-c4ccccc4)c5-c4ccccc4)nc3[C@@H]21.[Fe+2]. The van der Waals surface area contributed by atoms with Crippen LogP contribution in [-0.4, -0.2) is 27.6 Å². The molecular weight excluding hydrogens is 855 g/mol. The maximum Gasteiger partial charge on any atom is 2.00 e. The molecule has 7 nitrogen and oxygen atoms in total. The number of hydrogen-bond donors (Lipinski definition) is 0. The molecule has 0 spiro atoms. The van der Waals surface area contributed by atoms with Gasteiger partial charge in [0.1, 0.15) is 0 Å². The standard InChI is InChI=1S/C56H48N5.C2H4O2.Fe/c1-55(2)39-29-25-37-27-31-41(57-51(37)49(39)55)59-53-47-45(35-21-13-7-14-22-35)43(33-17-9-5-10-18-33)44(34-19-11-6-12-20-34)46(36-23-15-8-16-24-36)48(47)54(61-53)60-42-32-28-38-26-30-40-50(52(38)58-42)56(40,3)4;1-2(3)4;/h5-24,27-28,31-32,39-40,49-50H,25-26,29-30H2,1-4H3;1H3,(H,3,4);/q-1;;+2/p-1/t39-,40-,49-,50-;;/m1../s1. The molecule has 66 heavy (non-hydrogen) atoms. The summed E-state index contributed by atoms with van der Waals surface area (Å²) in [6.45, 7) is 10.6. The minimum atomic E-state index is -1.08. The van der Waals surface area contributed by atoms with Crippen molar-refractivity contribution in [1.82, 2.24) is 9.97 Å². The number of carboxylic acids is 1. The second-order valence-corrected chi connectivity index (χ2v) is 19.5. The Kier molecular flexibility index (Phi) is 11.0. The molecule has 0 N–H and O–H groups in total. The largest absolute Gasteiger partial charge is 2.00 e. The summed E-state index contributed by atoms with van der Waals surface area (Å²) < 4.78 is 0. The molecular formula is C58H51FeN5O2. The Balaban J connectivity index is 0.000000985. The number of rotatable bonds is 6. The Hall–Kier alpha value is -6.47. The van der Waals surface area contributed by atoms with Crippen LogP contribution in [0.3, 0.4) is 0 Å². The molecule has 0 saturated heterocycles. The summed E-state index contributed by atoms with van der Waals surface area (Å²) in [4.78, 5) is 30.7. The minimum absolute atomic E-state index is 0. The Labute approximate surface area is 398 Å². The van der Waals surface area contributed by atoms with E-state index in [1.54, 1.807) is 0 Å². The second-order valence-electron chi connectivity index (χ2n) is 19.5. The van der Waals surface area contributed by atoms with Gasteiger partial charge >= 0.3 is 17.1 Å². The van der Waals surface area contributed by atoms with E-state index in [2.05, 4.69) is 173 Å². The topological polar surface area (TPSA) is 105 Å². The molecule has 7 aromatic rings. The predicted octanol–water partition coefficient (Wildman–Crippen LogP) is 12.8. The molecule has 0 unspecified atom stereocenters. The molecule has 0 bridgehead atoms. The van der Waals surface area contributed by atoms with Gasteiger partial charge in [0.2, 0.25) is 0 Å². The maximum absolute atomic E-state index is 8.89. The van der Waals surface area contributed by atoms with Crippen molar-refractivity contribution in [2.45, 2.75) is 72.1 Å². The third-order valence-corrected chi connectivity index (χ3v) is 15.0. The summed E-state index contributed by atoms with van der Waals surface area (Å²) in [5, 5.41) is 14.4. The van der Waals surface area contributed by atoms with Crippen LogP contribution >= 0.6 is 0 Å². The number of amidine groups is 2. The van der Waals surface area contributed by atoms with Crippen LogP contribution in [0.15, 0.2) is 156 Å². The zero-order valence-electron chi connectivity index (χ0n) is 37.9. The molecule has 4 atom stereocenters. The van der Waals surface area contributed by atoms with Gasteiger partial charge in [-0.25, -0.2) is 9.97 Å². The summed E-state index contributed by atoms with van der Waals surface area (Å²) in [6.07, 6.45) is 4.60. The summed E-state index contributed by atoms with van der Waals surface area (Å²) >= 11 is 0. The molecule has 8 heteroatoms. The molecule has 5 aromatic carbocycles. The molecule has 2 fully saturated rings. The van der Waals surface area contributed by atoms with Crippen molar-refractivity contribution in [2.75, 3.05) is 0 Å². The van der Waals surface area contributed by atoms with Crippen LogP contribution in [0.1, 0.15) is 92.9 Å². The number of hydrogen-bond acceptors (Lipinski definition) is 6. The van der Waals surface area contributed by atoms with Crippen LogP contribution < -0.4 is 5.11 Å². The van der Waals surface area contributed by atoms with Crippen molar-refractivity contribution in [2.24, 2.45) is 32.7 Å². The summed E-state index contributed by atoms with van der Waals surface area (Å²) in [5.41, 5.74) is 16.4. The van der Waals surface area contributed by atoms with Gasteiger partial charge in [0, 0.05) is 52.0 Å². The maximum atomic E-state index is 8.89. The summed E-state index contributed by atoms with van der Waals surface area (Å²) in [5.74, 6) is 3.83. The van der Waals surface area contributed by atoms with E-state index in [1.807, 2.05) is 0 Å². The molecule has 1 aliphatic heterocycles. The Morgan fingerprint density at radius 1 is 0.515 bits per heavy atom. The van der Waals surface area contributed by atoms with Crippen molar-refractivity contribution in [3.63, 3.8) is 0 Å². The van der Waals surface area contributed by atoms with E-state index in [4.69, 9.17) is 35.2 Å². The fraction of sp³-hybridized carbons (Fsp3) is 0.259. The molecule has 328 valence electrons. The normalized spacial score (nSPS) is 21.9. The minimum Gasteiger partial charge on any atom is -0.550 e. The van der Waals surface area contributed by atoms with E-state index in [9.17, 15) is 0 Å². The second kappa shape index (κ2) is 16.8. The molecule has 0 radical (unpaired) electrons. The van der Waals surface area contributed by atoms with Gasteiger partial charge in [-0.2, -0.15) is 0 Å². The third kappa shape index (κ3) is 7.41. The van der Waals surface area contributed by atoms with Crippen LogP contribution in [0.5, 0.6) is 0 Å². The first-order chi connectivity index (χ1) is 31.5. The van der Waals surface area contributed by atoms with E-state index in [0.717, 1.165) is 75.4 Å². The number of carboxylic acid groups (broad SMARTS) is 1. The van der Waals surface area contributed by atoms with E-state index < -0.39 is 5.97 Å². The number of aryl methyl sites for hydroxylation is 2. The first kappa shape index (κ1) is 43.4. The van der Waals surface area contributed by atoms with Gasteiger partial charge < -0.3 is 25.2 Å². The molecule has 2 saturated carbocycles. The van der Waals surface area contributed by atoms with Crippen molar-refractivity contribution in [1.29, 1.82) is 0 Å². The van der Waals surface area contributed by atoms with Gasteiger partial charge in [0.05, 0.1) is 11.6 Å². The first-order valence-corrected chi connectivity index (χ1v) is 23.0. The van der Waals surface area contributed by atoms with Crippen molar-refractivity contribution < 1.29 is 27.0 Å². The fourth-order valence-corrected chi connectivity index (χ4v) is 11.7. The van der Waals surface area contributed by atoms with Gasteiger partial charge in [0.25, 0.3) is 0 Å². The van der Waals surface area contributed by atoms with E-state index in [0.29, 0.717) is 47.0 Å². The number of aliphatic carboxylic acids is 1. The van der Waals surface area contributed by atoms with Gasteiger partial charge in [-0.05, 0) is 123 Å². The predicted molar refractivity (Wildman–Crippen MR) is 260 cm³/mol. The average Bonchev–Trinajstić information content (AvgIpc) is 4.05. The van der Waals surface area contributed by atoms with Crippen LogP contribution in [0.2, 0.25) is 0 Å². The number of nitrogens with zero attached hydrogens (tertiary/aromatic N) is 5. The molecule has 0 amide bonds. The Morgan fingerprint density at radius 2 is 0.818 bits per heavy atom. The number of carbonyl (C=O) groups excluding carboxylic acids is 1. The van der Waals surface area contributed by atoms with Gasteiger partial charge in [-0.15, -0.1) is 0 Å². The molecule has 5 aliphatic rings. The zero-order chi connectivity index (χ0) is 44.6. The number of fused-ring (bicyclic) bond motifs is 7. The van der Waals surface area contributed by atoms with E-state index in [-0.39, 0.29) is 27.9 Å². The Morgan fingerprint density at radius 3 is 1.14 bits per heavy atom. The van der Waals surface area contributed by atoms with E-state index >= 15 is 0 Å². The van der Waals surface area contributed by atoms with Gasteiger partial charge in [-0.1, -0.05) is 161 Å². The molecule has 3 heterocycles. The molecule has 2 aromatic heterocycles. The molecule has 4 aliphatic carbocycles. The Bertz CT molecular complexity index is 2870. The monoisotopic (exact) mass is 905 g/mol. The summed E-state index contributed by atoms with van der Waals surface area (Å²) in [7, 11) is 0. The van der Waals surface area contributed by atoms with Crippen molar-refractivity contribution >= 4 is 29.3 Å². The van der Waals surface area contributed by atoms with Gasteiger partial charge in [-0.3, -0.25) is 0 Å². The van der Waals surface area contributed by atoms with Crippen molar-refractivity contribution in [3.8, 4) is 44.5 Å². The zero-order valence-corrected chi connectivity index (χ0v) is 39.0. The van der Waals surface area contributed by atoms with Crippen LogP contribution in [0.4, 0.5) is 11.6 Å². The van der Waals surface area contributed by atoms with Crippen LogP contribution in [0.25, 0.3) is 49.8 Å². The smallest absolute Gasteiger partial charge is 0.550 e. The van der Waals surface area contributed by atoms with E-state index in [1.165, 1.54) is 35.4 Å².